The molecule has 3 heteroatoms. The third-order valence-corrected chi connectivity index (χ3v) is 2.92. The number of carbonyl (C=O) groups is 1. The molecule has 2 aromatic rings. The molecule has 0 aliphatic heterocycles. The molecule has 19 heavy (non-hydrogen) atoms. The number of methoxy groups -OCH3 is 1. The molecule has 0 aromatic heterocycles. The Hall–Kier alpha value is -2.29. The van der Waals surface area contributed by atoms with Crippen LogP contribution in [0.15, 0.2) is 48.5 Å². The summed E-state index contributed by atoms with van der Waals surface area (Å²) < 4.78 is 5.01. The van der Waals surface area contributed by atoms with Gasteiger partial charge in [-0.15, -0.1) is 0 Å². The summed E-state index contributed by atoms with van der Waals surface area (Å²) in [4.78, 5) is 11.9. The van der Waals surface area contributed by atoms with Crippen LogP contribution in [0.25, 0.3) is 0 Å². The molecule has 3 nitrogen and oxygen atoms in total. The first-order chi connectivity index (χ1) is 9.19. The molecule has 0 fully saturated rings. The zero-order valence-electron chi connectivity index (χ0n) is 10.8. The van der Waals surface area contributed by atoms with Gasteiger partial charge in [0.25, 0.3) is 0 Å². The molecule has 2 rings (SSSR count). The van der Waals surface area contributed by atoms with Crippen LogP contribution in [0.4, 0.5) is 0 Å². The Morgan fingerprint density at radius 3 is 2.47 bits per heavy atom. The summed E-state index contributed by atoms with van der Waals surface area (Å²) in [6.45, 7) is 0. The summed E-state index contributed by atoms with van der Waals surface area (Å²) in [5.74, 6) is 0.754. The minimum absolute atomic E-state index is 0.0756. The molecule has 1 N–H and O–H groups in total. The Labute approximate surface area is 112 Å². The standard InChI is InChI=1S/C16H16O3/c1-19-15-8-7-13(16(18)11-15)10-14(17)9-12-5-3-2-4-6-12/h2-8,11,18H,9-10H2,1H3. The Morgan fingerprint density at radius 1 is 1.11 bits per heavy atom. The van der Waals surface area contributed by atoms with Crippen LogP contribution in [-0.2, 0) is 17.6 Å². The molecule has 0 spiro atoms. The highest BCUT2D eigenvalue weighted by atomic mass is 16.5. The zero-order chi connectivity index (χ0) is 13.7. The molecule has 0 heterocycles. The number of carbonyl (C=O) groups excluding carboxylic acids is 1. The van der Waals surface area contributed by atoms with Gasteiger partial charge < -0.3 is 9.84 Å². The lowest BCUT2D eigenvalue weighted by Gasteiger charge is -2.06. The molecule has 98 valence electrons. The number of phenols is 1. The largest absolute Gasteiger partial charge is 0.508 e. The summed E-state index contributed by atoms with van der Waals surface area (Å²) in [5.41, 5.74) is 1.61. The molecule has 0 unspecified atom stereocenters. The van der Waals surface area contributed by atoms with Crippen molar-refractivity contribution in [2.24, 2.45) is 0 Å². The number of hydrogen-bond donors (Lipinski definition) is 1. The summed E-state index contributed by atoms with van der Waals surface area (Å²) in [5, 5.41) is 9.81. The SMILES string of the molecule is COc1ccc(CC(=O)Cc2ccccc2)c(O)c1. The van der Waals surface area contributed by atoms with Crippen molar-refractivity contribution in [3.05, 3.63) is 59.7 Å². The monoisotopic (exact) mass is 256 g/mol. The second-order valence-electron chi connectivity index (χ2n) is 4.37. The van der Waals surface area contributed by atoms with Crippen molar-refractivity contribution < 1.29 is 14.6 Å². The molecule has 0 atom stereocenters. The van der Waals surface area contributed by atoms with Crippen molar-refractivity contribution >= 4 is 5.78 Å². The van der Waals surface area contributed by atoms with Crippen LogP contribution in [0.5, 0.6) is 11.5 Å². The van der Waals surface area contributed by atoms with E-state index < -0.39 is 0 Å². The molecule has 0 aliphatic carbocycles. The topological polar surface area (TPSA) is 46.5 Å². The normalized spacial score (nSPS) is 10.2. The number of Topliss-reactive ketones (excluding diaryl/α,β-unsaturated/α-hetero) is 1. The third kappa shape index (κ3) is 3.58. The molecule has 2 aromatic carbocycles. The average molecular weight is 256 g/mol. The number of aromatic hydroxyl groups is 1. The van der Waals surface area contributed by atoms with Crippen LogP contribution >= 0.6 is 0 Å². The fourth-order valence-electron chi connectivity index (χ4n) is 1.92. The number of hydrogen-bond acceptors (Lipinski definition) is 3. The lowest BCUT2D eigenvalue weighted by Crippen LogP contribution is -2.06. The van der Waals surface area contributed by atoms with Gasteiger partial charge in [-0.2, -0.15) is 0 Å². The average Bonchev–Trinajstić information content (AvgIpc) is 2.42. The maximum atomic E-state index is 11.9. The van der Waals surface area contributed by atoms with E-state index in [1.807, 2.05) is 30.3 Å². The van der Waals surface area contributed by atoms with Gasteiger partial charge in [0, 0.05) is 24.5 Å². The highest BCUT2D eigenvalue weighted by Gasteiger charge is 2.09. The van der Waals surface area contributed by atoms with E-state index in [-0.39, 0.29) is 18.0 Å². The minimum Gasteiger partial charge on any atom is -0.508 e. The maximum absolute atomic E-state index is 11.9. The van der Waals surface area contributed by atoms with Gasteiger partial charge in [-0.25, -0.2) is 0 Å². The third-order valence-electron chi connectivity index (χ3n) is 2.92. The Balaban J connectivity index is 2.03. The summed E-state index contributed by atoms with van der Waals surface area (Å²) in [6, 6.07) is 14.6. The van der Waals surface area contributed by atoms with E-state index >= 15 is 0 Å². The van der Waals surface area contributed by atoms with Gasteiger partial charge in [0.15, 0.2) is 0 Å². The summed E-state index contributed by atoms with van der Waals surface area (Å²) in [7, 11) is 1.54. The van der Waals surface area contributed by atoms with Crippen LogP contribution in [0.1, 0.15) is 11.1 Å². The lowest BCUT2D eigenvalue weighted by molar-refractivity contribution is -0.117. The lowest BCUT2D eigenvalue weighted by atomic mass is 10.0. The molecule has 0 saturated carbocycles. The van der Waals surface area contributed by atoms with E-state index in [4.69, 9.17) is 4.74 Å². The van der Waals surface area contributed by atoms with Crippen molar-refractivity contribution in [1.29, 1.82) is 0 Å². The van der Waals surface area contributed by atoms with Crippen molar-refractivity contribution in [2.75, 3.05) is 7.11 Å². The molecule has 0 amide bonds. The summed E-state index contributed by atoms with van der Waals surface area (Å²) in [6.07, 6.45) is 0.608. The van der Waals surface area contributed by atoms with Gasteiger partial charge in [-0.3, -0.25) is 4.79 Å². The van der Waals surface area contributed by atoms with E-state index in [1.165, 1.54) is 13.2 Å². The van der Waals surface area contributed by atoms with E-state index in [0.717, 1.165) is 5.56 Å². The molecular weight excluding hydrogens is 240 g/mol. The van der Waals surface area contributed by atoms with Gasteiger partial charge in [0.05, 0.1) is 7.11 Å². The highest BCUT2D eigenvalue weighted by molar-refractivity contribution is 5.83. The van der Waals surface area contributed by atoms with Crippen LogP contribution < -0.4 is 4.74 Å². The van der Waals surface area contributed by atoms with Gasteiger partial charge in [0.1, 0.15) is 17.3 Å². The number of phenolic OH excluding ortho intramolecular Hbond substituents is 1. The van der Waals surface area contributed by atoms with Gasteiger partial charge in [-0.1, -0.05) is 36.4 Å². The molecule has 0 bridgehead atoms. The van der Waals surface area contributed by atoms with Gasteiger partial charge >= 0.3 is 0 Å². The van der Waals surface area contributed by atoms with E-state index in [1.54, 1.807) is 12.1 Å². The van der Waals surface area contributed by atoms with Crippen LogP contribution in [-0.4, -0.2) is 18.0 Å². The van der Waals surface area contributed by atoms with Crippen molar-refractivity contribution in [2.45, 2.75) is 12.8 Å². The second kappa shape index (κ2) is 6.05. The highest BCUT2D eigenvalue weighted by Crippen LogP contribution is 2.24. The quantitative estimate of drug-likeness (QED) is 0.894. The fourth-order valence-corrected chi connectivity index (χ4v) is 1.92. The first kappa shape index (κ1) is 13.1. The van der Waals surface area contributed by atoms with Crippen molar-refractivity contribution in [3.8, 4) is 11.5 Å². The second-order valence-corrected chi connectivity index (χ2v) is 4.37. The van der Waals surface area contributed by atoms with Gasteiger partial charge in [-0.05, 0) is 11.6 Å². The Kier molecular flexibility index (Phi) is 4.18. The minimum atomic E-state index is 0.0756. The fraction of sp³-hybridized carbons (Fsp3) is 0.188. The molecule has 0 aliphatic rings. The smallest absolute Gasteiger partial charge is 0.141 e. The van der Waals surface area contributed by atoms with E-state index in [9.17, 15) is 9.90 Å². The van der Waals surface area contributed by atoms with E-state index in [0.29, 0.717) is 17.7 Å². The first-order valence-corrected chi connectivity index (χ1v) is 6.10. The maximum Gasteiger partial charge on any atom is 0.141 e. The van der Waals surface area contributed by atoms with Crippen molar-refractivity contribution in [3.63, 3.8) is 0 Å². The van der Waals surface area contributed by atoms with Gasteiger partial charge in [0.2, 0.25) is 0 Å². The van der Waals surface area contributed by atoms with E-state index in [2.05, 4.69) is 0 Å². The van der Waals surface area contributed by atoms with Crippen molar-refractivity contribution in [1.82, 2.24) is 0 Å². The Morgan fingerprint density at radius 2 is 1.84 bits per heavy atom. The first-order valence-electron chi connectivity index (χ1n) is 6.10. The number of ketones is 1. The molecular formula is C16H16O3. The van der Waals surface area contributed by atoms with Crippen LogP contribution in [0.3, 0.4) is 0 Å². The number of rotatable bonds is 5. The number of ether oxygens (including phenoxy) is 1. The zero-order valence-corrected chi connectivity index (χ0v) is 10.8. The predicted octanol–water partition coefficient (Wildman–Crippen LogP) is 2.76. The molecule has 0 saturated heterocycles. The summed E-state index contributed by atoms with van der Waals surface area (Å²) >= 11 is 0. The molecule has 0 radical (unpaired) electrons. The van der Waals surface area contributed by atoms with Crippen LogP contribution in [0, 0.1) is 0 Å². The number of benzene rings is 2. The van der Waals surface area contributed by atoms with Crippen LogP contribution in [0.2, 0.25) is 0 Å². The Bertz CT molecular complexity index is 561. The predicted molar refractivity (Wildman–Crippen MR) is 73.5 cm³/mol.